The van der Waals surface area contributed by atoms with Crippen molar-refractivity contribution >= 4 is 17.0 Å². The van der Waals surface area contributed by atoms with E-state index >= 15 is 0 Å². The smallest absolute Gasteiger partial charge is 0.335 e. The van der Waals surface area contributed by atoms with Crippen LogP contribution in [-0.4, -0.2) is 40.8 Å². The Morgan fingerprint density at radius 3 is 2.95 bits per heavy atom. The first-order valence-corrected chi connectivity index (χ1v) is 5.54. The maximum atomic E-state index is 11.0. The molecule has 0 fully saturated rings. The first-order valence-electron chi connectivity index (χ1n) is 5.54. The van der Waals surface area contributed by atoms with Gasteiger partial charge in [-0.05, 0) is 18.2 Å². The molecular weight excluding hydrogens is 248 g/mol. The van der Waals surface area contributed by atoms with Gasteiger partial charge in [0.2, 0.25) is 0 Å². The first kappa shape index (κ1) is 11.3. The SMILES string of the molecule is Cn1cnc(Cn2nnc3ccc(C(=O)O)cc32)n1. The Morgan fingerprint density at radius 1 is 1.42 bits per heavy atom. The highest BCUT2D eigenvalue weighted by molar-refractivity contribution is 5.92. The van der Waals surface area contributed by atoms with Crippen LogP contribution in [0.5, 0.6) is 0 Å². The summed E-state index contributed by atoms with van der Waals surface area (Å²) in [5.74, 6) is -0.388. The molecule has 0 radical (unpaired) electrons. The third kappa shape index (κ3) is 2.03. The van der Waals surface area contributed by atoms with Gasteiger partial charge in [-0.15, -0.1) is 5.10 Å². The molecule has 0 unspecified atom stereocenters. The molecule has 0 saturated heterocycles. The van der Waals surface area contributed by atoms with Gasteiger partial charge in [0, 0.05) is 7.05 Å². The summed E-state index contributed by atoms with van der Waals surface area (Å²) in [7, 11) is 1.78. The van der Waals surface area contributed by atoms with E-state index in [4.69, 9.17) is 5.11 Å². The Kier molecular flexibility index (Phi) is 2.48. The minimum atomic E-state index is -0.981. The lowest BCUT2D eigenvalue weighted by molar-refractivity contribution is 0.0697. The molecule has 0 spiro atoms. The van der Waals surface area contributed by atoms with E-state index in [-0.39, 0.29) is 5.56 Å². The largest absolute Gasteiger partial charge is 0.478 e. The standard InChI is InChI=1S/C11H10N6O2/c1-16-6-12-10(14-16)5-17-9-4-7(11(18)19)2-3-8(9)13-15-17/h2-4,6H,5H2,1H3,(H,18,19). The topological polar surface area (TPSA) is 98.7 Å². The van der Waals surface area contributed by atoms with Gasteiger partial charge in [-0.2, -0.15) is 5.10 Å². The number of fused-ring (bicyclic) bond motifs is 1. The van der Waals surface area contributed by atoms with E-state index in [1.54, 1.807) is 34.9 Å². The van der Waals surface area contributed by atoms with Crippen molar-refractivity contribution in [1.29, 1.82) is 0 Å². The van der Waals surface area contributed by atoms with Crippen LogP contribution in [0.2, 0.25) is 0 Å². The van der Waals surface area contributed by atoms with Gasteiger partial charge in [-0.3, -0.25) is 4.68 Å². The number of aryl methyl sites for hydroxylation is 1. The van der Waals surface area contributed by atoms with E-state index in [0.717, 1.165) is 0 Å². The van der Waals surface area contributed by atoms with Gasteiger partial charge in [0.25, 0.3) is 0 Å². The molecule has 3 aromatic rings. The molecule has 8 nitrogen and oxygen atoms in total. The van der Waals surface area contributed by atoms with Crippen molar-refractivity contribution in [2.24, 2.45) is 7.05 Å². The second-order valence-corrected chi connectivity index (χ2v) is 4.09. The number of carboxylic acids is 1. The van der Waals surface area contributed by atoms with E-state index in [2.05, 4.69) is 20.4 Å². The predicted octanol–water partition coefficient (Wildman–Crippen LogP) is 0.306. The molecule has 1 aromatic carbocycles. The zero-order valence-electron chi connectivity index (χ0n) is 10.1. The van der Waals surface area contributed by atoms with Crippen LogP contribution in [0.3, 0.4) is 0 Å². The maximum Gasteiger partial charge on any atom is 0.335 e. The lowest BCUT2D eigenvalue weighted by Crippen LogP contribution is -2.05. The van der Waals surface area contributed by atoms with Crippen molar-refractivity contribution in [3.8, 4) is 0 Å². The van der Waals surface area contributed by atoms with Crippen LogP contribution in [-0.2, 0) is 13.6 Å². The molecule has 2 aromatic heterocycles. The summed E-state index contributed by atoms with van der Waals surface area (Å²) in [6, 6.07) is 4.68. The molecule has 96 valence electrons. The fraction of sp³-hybridized carbons (Fsp3) is 0.182. The molecule has 8 heteroatoms. The third-order valence-electron chi connectivity index (χ3n) is 2.70. The maximum absolute atomic E-state index is 11.0. The summed E-state index contributed by atoms with van der Waals surface area (Å²) >= 11 is 0. The highest BCUT2D eigenvalue weighted by Gasteiger charge is 2.10. The number of carboxylic acid groups (broad SMARTS) is 1. The van der Waals surface area contributed by atoms with Crippen LogP contribution in [0.4, 0.5) is 0 Å². The van der Waals surface area contributed by atoms with Crippen LogP contribution < -0.4 is 0 Å². The molecule has 1 N–H and O–H groups in total. The second-order valence-electron chi connectivity index (χ2n) is 4.09. The lowest BCUT2D eigenvalue weighted by Gasteiger charge is -1.99. The van der Waals surface area contributed by atoms with Crippen LogP contribution >= 0.6 is 0 Å². The molecular formula is C11H10N6O2. The van der Waals surface area contributed by atoms with Gasteiger partial charge in [0.15, 0.2) is 5.82 Å². The molecule has 0 bridgehead atoms. The second kappa shape index (κ2) is 4.16. The van der Waals surface area contributed by atoms with Crippen LogP contribution in [0.25, 0.3) is 11.0 Å². The fourth-order valence-corrected chi connectivity index (χ4v) is 1.81. The zero-order chi connectivity index (χ0) is 13.4. The molecule has 19 heavy (non-hydrogen) atoms. The van der Waals surface area contributed by atoms with Gasteiger partial charge in [0.1, 0.15) is 18.4 Å². The third-order valence-corrected chi connectivity index (χ3v) is 2.70. The van der Waals surface area contributed by atoms with E-state index in [1.807, 2.05) is 0 Å². The highest BCUT2D eigenvalue weighted by Crippen LogP contribution is 2.14. The summed E-state index contributed by atoms with van der Waals surface area (Å²) in [4.78, 5) is 15.1. The fourth-order valence-electron chi connectivity index (χ4n) is 1.81. The van der Waals surface area contributed by atoms with Crippen molar-refractivity contribution in [1.82, 2.24) is 29.8 Å². The molecule has 0 aliphatic heterocycles. The molecule has 0 atom stereocenters. The van der Waals surface area contributed by atoms with Crippen molar-refractivity contribution in [2.45, 2.75) is 6.54 Å². The van der Waals surface area contributed by atoms with Gasteiger partial charge in [-0.1, -0.05) is 5.21 Å². The number of benzene rings is 1. The summed E-state index contributed by atoms with van der Waals surface area (Å²) in [6.07, 6.45) is 1.59. The molecule has 0 aliphatic rings. The van der Waals surface area contributed by atoms with Gasteiger partial charge < -0.3 is 5.11 Å². The summed E-state index contributed by atoms with van der Waals surface area (Å²) in [5, 5.41) is 21.1. The molecule has 0 aliphatic carbocycles. The number of hydrogen-bond acceptors (Lipinski definition) is 5. The van der Waals surface area contributed by atoms with E-state index in [0.29, 0.717) is 23.4 Å². The Labute approximate surface area is 107 Å². The summed E-state index contributed by atoms with van der Waals surface area (Å²) in [6.45, 7) is 0.348. The van der Waals surface area contributed by atoms with Crippen LogP contribution in [0.15, 0.2) is 24.5 Å². The number of carbonyl (C=O) groups is 1. The highest BCUT2D eigenvalue weighted by atomic mass is 16.4. The minimum Gasteiger partial charge on any atom is -0.478 e. The summed E-state index contributed by atoms with van der Waals surface area (Å²) in [5.41, 5.74) is 1.48. The molecule has 0 amide bonds. The van der Waals surface area contributed by atoms with Gasteiger partial charge in [0.05, 0.1) is 11.1 Å². The minimum absolute atomic E-state index is 0.199. The summed E-state index contributed by atoms with van der Waals surface area (Å²) < 4.78 is 3.17. The van der Waals surface area contributed by atoms with Crippen LogP contribution in [0, 0.1) is 0 Å². The molecule has 0 saturated carbocycles. The molecule has 2 heterocycles. The Morgan fingerprint density at radius 2 is 2.26 bits per heavy atom. The monoisotopic (exact) mass is 258 g/mol. The first-order chi connectivity index (χ1) is 9.13. The van der Waals surface area contributed by atoms with Crippen LogP contribution in [0.1, 0.15) is 16.2 Å². The normalized spacial score (nSPS) is 11.0. The lowest BCUT2D eigenvalue weighted by atomic mass is 10.2. The Bertz CT molecular complexity index is 759. The van der Waals surface area contributed by atoms with E-state index in [9.17, 15) is 4.79 Å². The van der Waals surface area contributed by atoms with E-state index in [1.165, 1.54) is 6.07 Å². The van der Waals surface area contributed by atoms with Crippen molar-refractivity contribution in [2.75, 3.05) is 0 Å². The van der Waals surface area contributed by atoms with Gasteiger partial charge >= 0.3 is 5.97 Å². The Balaban J connectivity index is 2.03. The zero-order valence-corrected chi connectivity index (χ0v) is 10.1. The number of hydrogen-bond donors (Lipinski definition) is 1. The average molecular weight is 258 g/mol. The number of aromatic nitrogens is 6. The van der Waals surface area contributed by atoms with Crippen molar-refractivity contribution in [3.63, 3.8) is 0 Å². The quantitative estimate of drug-likeness (QED) is 0.725. The van der Waals surface area contributed by atoms with Crippen molar-refractivity contribution < 1.29 is 9.90 Å². The van der Waals surface area contributed by atoms with E-state index < -0.39 is 5.97 Å². The Hall–Kier alpha value is -2.77. The predicted molar refractivity (Wildman–Crippen MR) is 64.6 cm³/mol. The number of nitrogens with zero attached hydrogens (tertiary/aromatic N) is 6. The number of aromatic carboxylic acids is 1. The van der Waals surface area contributed by atoms with Gasteiger partial charge in [-0.25, -0.2) is 14.5 Å². The molecule has 3 rings (SSSR count). The van der Waals surface area contributed by atoms with Crippen molar-refractivity contribution in [3.05, 3.63) is 35.9 Å². The number of rotatable bonds is 3. The average Bonchev–Trinajstić information content (AvgIpc) is 2.96.